The average molecular weight is 428 g/mol. The molecule has 0 bridgehead atoms. The molecule has 0 radical (unpaired) electrons. The number of hydrogen-bond acceptors (Lipinski definition) is 5. The first-order valence-electron chi connectivity index (χ1n) is 11.1. The van der Waals surface area contributed by atoms with Gasteiger partial charge in [-0.3, -0.25) is 19.7 Å². The zero-order valence-electron chi connectivity index (χ0n) is 17.9. The van der Waals surface area contributed by atoms with E-state index in [0.717, 1.165) is 24.0 Å². The van der Waals surface area contributed by atoms with Crippen molar-refractivity contribution in [2.45, 2.75) is 71.0 Å². The van der Waals surface area contributed by atoms with Gasteiger partial charge in [0.05, 0.1) is 6.61 Å². The molecule has 1 saturated heterocycles. The van der Waals surface area contributed by atoms with E-state index in [4.69, 9.17) is 4.74 Å². The molecule has 31 heavy (non-hydrogen) atoms. The highest BCUT2D eigenvalue weighted by molar-refractivity contribution is 6.05. The summed E-state index contributed by atoms with van der Waals surface area (Å²) in [6.07, 6.45) is 5.85. The zero-order valence-corrected chi connectivity index (χ0v) is 17.9. The van der Waals surface area contributed by atoms with E-state index in [0.29, 0.717) is 30.6 Å². The molecule has 8 heteroatoms. The lowest BCUT2D eigenvalue weighted by atomic mass is 9.98. The van der Waals surface area contributed by atoms with Crippen LogP contribution >= 0.6 is 0 Å². The molecule has 0 aromatic heterocycles. The predicted molar refractivity (Wildman–Crippen MR) is 112 cm³/mol. The number of amides is 4. The molecule has 1 aromatic carbocycles. The van der Waals surface area contributed by atoms with E-state index in [2.05, 4.69) is 17.6 Å². The Morgan fingerprint density at radius 1 is 1.29 bits per heavy atom. The molecule has 1 atom stereocenters. The molecule has 3 aliphatic rings. The van der Waals surface area contributed by atoms with Crippen LogP contribution in [0.4, 0.5) is 4.79 Å². The van der Waals surface area contributed by atoms with Crippen LogP contribution in [0, 0.1) is 5.41 Å². The maximum atomic E-state index is 12.8. The summed E-state index contributed by atoms with van der Waals surface area (Å²) in [6.45, 7) is 3.23. The molecule has 4 amide bonds. The van der Waals surface area contributed by atoms with Crippen LogP contribution in [-0.4, -0.2) is 41.4 Å². The van der Waals surface area contributed by atoms with E-state index in [9.17, 15) is 19.2 Å². The number of alkyl carbamates (subject to hydrolysis) is 1. The Morgan fingerprint density at radius 2 is 2.10 bits per heavy atom. The van der Waals surface area contributed by atoms with Gasteiger partial charge in [-0.15, -0.1) is 0 Å². The number of imide groups is 1. The lowest BCUT2D eigenvalue weighted by molar-refractivity contribution is -0.136. The topological polar surface area (TPSA) is 105 Å². The second kappa shape index (κ2) is 8.69. The van der Waals surface area contributed by atoms with Gasteiger partial charge in [0.15, 0.2) is 0 Å². The lowest BCUT2D eigenvalue weighted by Gasteiger charge is -2.29. The molecule has 2 aliphatic heterocycles. The fourth-order valence-corrected chi connectivity index (χ4v) is 4.51. The molecule has 1 aromatic rings. The molecule has 8 nitrogen and oxygen atoms in total. The maximum Gasteiger partial charge on any atom is 0.407 e. The molecule has 2 fully saturated rings. The second-order valence-electron chi connectivity index (χ2n) is 8.84. The fourth-order valence-electron chi connectivity index (χ4n) is 4.51. The SMILES string of the molecule is CCC1(CCCOC(=O)NCc2ccc3c(c2)C(=O)N(C2CCC(=O)NC2=O)C3)CC1. The first-order chi connectivity index (χ1) is 14.9. The molecular formula is C23H29N3O5. The summed E-state index contributed by atoms with van der Waals surface area (Å²) in [5, 5.41) is 5.03. The Bertz CT molecular complexity index is 908. The summed E-state index contributed by atoms with van der Waals surface area (Å²) in [7, 11) is 0. The van der Waals surface area contributed by atoms with Crippen molar-refractivity contribution in [3.63, 3.8) is 0 Å². The van der Waals surface area contributed by atoms with Gasteiger partial charge in [-0.2, -0.15) is 0 Å². The summed E-state index contributed by atoms with van der Waals surface area (Å²) in [5.74, 6) is -0.949. The number of fused-ring (bicyclic) bond motifs is 1. The van der Waals surface area contributed by atoms with Crippen molar-refractivity contribution < 1.29 is 23.9 Å². The van der Waals surface area contributed by atoms with Crippen molar-refractivity contribution in [1.82, 2.24) is 15.5 Å². The molecule has 4 rings (SSSR count). The standard InChI is InChI=1S/C23H29N3O5/c1-2-23(9-10-23)8-3-11-31-22(30)24-13-15-4-5-16-14-26(21(29)17(16)12-15)18-6-7-19(27)25-20(18)28/h4-5,12,18H,2-3,6-11,13-14H2,1H3,(H,24,30)(H,25,27,28). The van der Waals surface area contributed by atoms with Crippen molar-refractivity contribution in [2.24, 2.45) is 5.41 Å². The number of carbonyl (C=O) groups excluding carboxylic acids is 4. The van der Waals surface area contributed by atoms with Crippen LogP contribution in [0.15, 0.2) is 18.2 Å². The summed E-state index contributed by atoms with van der Waals surface area (Å²) in [4.78, 5) is 49.8. The van der Waals surface area contributed by atoms with Crippen molar-refractivity contribution in [3.8, 4) is 0 Å². The zero-order chi connectivity index (χ0) is 22.0. The van der Waals surface area contributed by atoms with E-state index in [-0.39, 0.29) is 24.8 Å². The molecular weight excluding hydrogens is 398 g/mol. The van der Waals surface area contributed by atoms with Crippen LogP contribution in [0.1, 0.15) is 73.4 Å². The molecule has 166 valence electrons. The summed E-state index contributed by atoms with van der Waals surface area (Å²) < 4.78 is 5.26. The van der Waals surface area contributed by atoms with E-state index in [1.807, 2.05) is 12.1 Å². The Labute approximate surface area is 181 Å². The van der Waals surface area contributed by atoms with Gasteiger partial charge in [-0.1, -0.05) is 25.5 Å². The van der Waals surface area contributed by atoms with Gasteiger partial charge >= 0.3 is 6.09 Å². The number of carbonyl (C=O) groups is 4. The minimum atomic E-state index is -0.628. The monoisotopic (exact) mass is 427 g/mol. The van der Waals surface area contributed by atoms with Gasteiger partial charge < -0.3 is 15.0 Å². The largest absolute Gasteiger partial charge is 0.450 e. The summed E-state index contributed by atoms with van der Waals surface area (Å²) in [6, 6.07) is 4.83. The average Bonchev–Trinajstić information content (AvgIpc) is 3.47. The van der Waals surface area contributed by atoms with Crippen LogP contribution in [0.5, 0.6) is 0 Å². The smallest absolute Gasteiger partial charge is 0.407 e. The minimum Gasteiger partial charge on any atom is -0.450 e. The maximum absolute atomic E-state index is 12.8. The third-order valence-electron chi connectivity index (χ3n) is 6.82. The van der Waals surface area contributed by atoms with Crippen molar-refractivity contribution in [1.29, 1.82) is 0 Å². The van der Waals surface area contributed by atoms with Crippen LogP contribution in [-0.2, 0) is 27.4 Å². The number of piperidine rings is 1. The first kappa shape index (κ1) is 21.3. The Morgan fingerprint density at radius 3 is 2.81 bits per heavy atom. The second-order valence-corrected chi connectivity index (χ2v) is 8.84. The molecule has 2 N–H and O–H groups in total. The van der Waals surface area contributed by atoms with E-state index in [1.165, 1.54) is 24.2 Å². The highest BCUT2D eigenvalue weighted by Gasteiger charge is 2.40. The minimum absolute atomic E-state index is 0.223. The summed E-state index contributed by atoms with van der Waals surface area (Å²) >= 11 is 0. The van der Waals surface area contributed by atoms with Crippen molar-refractivity contribution >= 4 is 23.8 Å². The molecule has 2 heterocycles. The van der Waals surface area contributed by atoms with Gasteiger partial charge in [0.2, 0.25) is 11.8 Å². The number of benzene rings is 1. The first-order valence-corrected chi connectivity index (χ1v) is 11.1. The van der Waals surface area contributed by atoms with Crippen molar-refractivity contribution in [2.75, 3.05) is 6.61 Å². The number of ether oxygens (including phenoxy) is 1. The predicted octanol–water partition coefficient (Wildman–Crippen LogP) is 2.64. The number of rotatable bonds is 8. The lowest BCUT2D eigenvalue weighted by Crippen LogP contribution is -2.52. The van der Waals surface area contributed by atoms with Crippen LogP contribution in [0.2, 0.25) is 0 Å². The van der Waals surface area contributed by atoms with Crippen molar-refractivity contribution in [3.05, 3.63) is 34.9 Å². The Balaban J connectivity index is 1.26. The van der Waals surface area contributed by atoms with Crippen LogP contribution in [0.3, 0.4) is 0 Å². The number of nitrogens with one attached hydrogen (secondary N) is 2. The molecule has 1 saturated carbocycles. The van der Waals surface area contributed by atoms with Gasteiger partial charge in [-0.05, 0) is 54.7 Å². The van der Waals surface area contributed by atoms with Gasteiger partial charge in [-0.25, -0.2) is 4.79 Å². The normalized spacial score (nSPS) is 21.5. The van der Waals surface area contributed by atoms with Crippen LogP contribution < -0.4 is 10.6 Å². The third-order valence-corrected chi connectivity index (χ3v) is 6.82. The third kappa shape index (κ3) is 4.73. The Kier molecular flexibility index (Phi) is 5.98. The number of hydrogen-bond donors (Lipinski definition) is 2. The molecule has 0 spiro atoms. The van der Waals surface area contributed by atoms with Gasteiger partial charge in [0.1, 0.15) is 6.04 Å². The molecule has 1 unspecified atom stereocenters. The van der Waals surface area contributed by atoms with Crippen LogP contribution in [0.25, 0.3) is 0 Å². The van der Waals surface area contributed by atoms with E-state index in [1.54, 1.807) is 6.07 Å². The number of nitrogens with zero attached hydrogens (tertiary/aromatic N) is 1. The van der Waals surface area contributed by atoms with Gasteiger partial charge in [0, 0.05) is 25.1 Å². The van der Waals surface area contributed by atoms with Gasteiger partial charge in [0.25, 0.3) is 5.91 Å². The quantitative estimate of drug-likeness (QED) is 0.490. The highest BCUT2D eigenvalue weighted by atomic mass is 16.5. The fraction of sp³-hybridized carbons (Fsp3) is 0.565. The summed E-state index contributed by atoms with van der Waals surface area (Å²) in [5.41, 5.74) is 2.66. The highest BCUT2D eigenvalue weighted by Crippen LogP contribution is 2.52. The van der Waals surface area contributed by atoms with E-state index < -0.39 is 18.0 Å². The van der Waals surface area contributed by atoms with E-state index >= 15 is 0 Å². The molecule has 1 aliphatic carbocycles. The Hall–Kier alpha value is -2.90.